The minimum atomic E-state index is -0.303. The highest BCUT2D eigenvalue weighted by molar-refractivity contribution is 5.87. The molecule has 0 aliphatic heterocycles. The first-order valence-electron chi connectivity index (χ1n) is 6.96. The Balaban J connectivity index is 1.84. The molecule has 100 valence electrons. The molecule has 0 saturated heterocycles. The zero-order valence-electron chi connectivity index (χ0n) is 11.1. The highest BCUT2D eigenvalue weighted by Crippen LogP contribution is 2.62. The second-order valence-corrected chi connectivity index (χ2v) is 6.97. The minimum Gasteiger partial charge on any atom is -0.456 e. The third kappa shape index (κ3) is 1.80. The summed E-state index contributed by atoms with van der Waals surface area (Å²) in [4.78, 5) is 11.8. The molecule has 4 rings (SSSR count). The van der Waals surface area contributed by atoms with Crippen LogP contribution in [0.25, 0.3) is 0 Å². The molecule has 4 bridgehead atoms. The van der Waals surface area contributed by atoms with Crippen molar-refractivity contribution >= 4 is 5.97 Å². The molecule has 4 saturated carbocycles. The topological polar surface area (TPSA) is 46.5 Å². The van der Waals surface area contributed by atoms with E-state index in [-0.39, 0.29) is 23.6 Å². The summed E-state index contributed by atoms with van der Waals surface area (Å²) in [6, 6.07) is 0. The molecule has 0 aromatic carbocycles. The van der Waals surface area contributed by atoms with Gasteiger partial charge in [-0.2, -0.15) is 0 Å². The molecule has 4 aliphatic carbocycles. The van der Waals surface area contributed by atoms with Gasteiger partial charge in [-0.25, -0.2) is 4.79 Å². The predicted octanol–water partition coefficient (Wildman–Crippen LogP) is 2.44. The van der Waals surface area contributed by atoms with Gasteiger partial charge < -0.3 is 9.84 Å². The normalized spacial score (nSPS) is 45.0. The molecule has 0 amide bonds. The summed E-state index contributed by atoms with van der Waals surface area (Å²) in [6.45, 7) is 5.61. The number of hydrogen-bond donors (Lipinski definition) is 1. The van der Waals surface area contributed by atoms with Crippen molar-refractivity contribution < 1.29 is 14.6 Å². The number of aliphatic hydroxyl groups is 1. The lowest BCUT2D eigenvalue weighted by molar-refractivity contribution is -0.203. The fourth-order valence-electron chi connectivity index (χ4n) is 4.95. The smallest absolute Gasteiger partial charge is 0.333 e. The van der Waals surface area contributed by atoms with Crippen LogP contribution in [0.5, 0.6) is 0 Å². The standard InChI is InChI=1S/C15H22O3/c1-10(2)13(17)18-15-6-11-3-12(7-15)5-14(4-11,8-15)9-16/h11-12,16H,1,3-9H2,2H3. The Morgan fingerprint density at radius 2 is 1.94 bits per heavy atom. The van der Waals surface area contributed by atoms with Crippen molar-refractivity contribution in [2.45, 2.75) is 51.0 Å². The number of rotatable bonds is 3. The number of aliphatic hydroxyl groups excluding tert-OH is 1. The van der Waals surface area contributed by atoms with Crippen molar-refractivity contribution in [3.8, 4) is 0 Å². The molecule has 3 heteroatoms. The molecule has 0 aromatic rings. The van der Waals surface area contributed by atoms with E-state index < -0.39 is 0 Å². The quantitative estimate of drug-likeness (QED) is 0.618. The van der Waals surface area contributed by atoms with Crippen LogP contribution in [0.1, 0.15) is 45.4 Å². The van der Waals surface area contributed by atoms with E-state index in [1.54, 1.807) is 6.92 Å². The first kappa shape index (κ1) is 12.2. The molecule has 0 radical (unpaired) electrons. The molecule has 0 spiro atoms. The summed E-state index contributed by atoms with van der Waals surface area (Å²) in [7, 11) is 0. The van der Waals surface area contributed by atoms with E-state index in [1.165, 1.54) is 6.42 Å². The summed E-state index contributed by atoms with van der Waals surface area (Å²) in [5.41, 5.74) is 0.200. The largest absolute Gasteiger partial charge is 0.456 e. The highest BCUT2D eigenvalue weighted by Gasteiger charge is 2.59. The molecule has 18 heavy (non-hydrogen) atoms. The van der Waals surface area contributed by atoms with E-state index in [4.69, 9.17) is 4.74 Å². The van der Waals surface area contributed by atoms with Crippen LogP contribution in [0.15, 0.2) is 12.2 Å². The van der Waals surface area contributed by atoms with Gasteiger partial charge in [0.05, 0.1) is 0 Å². The van der Waals surface area contributed by atoms with Gasteiger partial charge in [-0.3, -0.25) is 0 Å². The summed E-state index contributed by atoms with van der Waals surface area (Å²) < 4.78 is 5.79. The Morgan fingerprint density at radius 1 is 1.33 bits per heavy atom. The monoisotopic (exact) mass is 250 g/mol. The lowest BCUT2D eigenvalue weighted by Crippen LogP contribution is -2.58. The predicted molar refractivity (Wildman–Crippen MR) is 67.8 cm³/mol. The van der Waals surface area contributed by atoms with Crippen LogP contribution in [0.2, 0.25) is 0 Å². The molecule has 0 aromatic heterocycles. The van der Waals surface area contributed by atoms with E-state index in [0.717, 1.165) is 32.1 Å². The van der Waals surface area contributed by atoms with Crippen LogP contribution in [-0.2, 0) is 9.53 Å². The van der Waals surface area contributed by atoms with Crippen molar-refractivity contribution in [2.24, 2.45) is 17.3 Å². The van der Waals surface area contributed by atoms with Gasteiger partial charge in [0.15, 0.2) is 0 Å². The molecule has 1 N–H and O–H groups in total. The first-order chi connectivity index (χ1) is 8.46. The Hall–Kier alpha value is -0.830. The van der Waals surface area contributed by atoms with E-state index in [9.17, 15) is 9.90 Å². The van der Waals surface area contributed by atoms with Crippen molar-refractivity contribution in [1.29, 1.82) is 0 Å². The summed E-state index contributed by atoms with van der Waals surface area (Å²) in [5, 5.41) is 9.73. The summed E-state index contributed by atoms with van der Waals surface area (Å²) in [5.74, 6) is 1.01. The van der Waals surface area contributed by atoms with E-state index in [2.05, 4.69) is 6.58 Å². The van der Waals surface area contributed by atoms with Crippen molar-refractivity contribution in [1.82, 2.24) is 0 Å². The molecule has 2 atom stereocenters. The molecule has 4 fully saturated rings. The second kappa shape index (κ2) is 3.83. The lowest BCUT2D eigenvalue weighted by atomic mass is 9.48. The number of carbonyl (C=O) groups excluding carboxylic acids is 1. The number of carbonyl (C=O) groups is 1. The number of esters is 1. The van der Waals surface area contributed by atoms with Gasteiger partial charge in [0.1, 0.15) is 5.60 Å². The van der Waals surface area contributed by atoms with Crippen molar-refractivity contribution in [2.75, 3.05) is 6.61 Å². The SMILES string of the molecule is C=C(C)C(=O)OC12CC3CC(CC(CO)(C3)C1)C2. The number of hydrogen-bond acceptors (Lipinski definition) is 3. The van der Waals surface area contributed by atoms with Crippen molar-refractivity contribution in [3.05, 3.63) is 12.2 Å². The molecule has 0 heterocycles. The van der Waals surface area contributed by atoms with Gasteiger partial charge in [-0.15, -0.1) is 0 Å². The van der Waals surface area contributed by atoms with Gasteiger partial charge in [-0.05, 0) is 62.7 Å². The molecule has 2 unspecified atom stereocenters. The Morgan fingerprint density at radius 3 is 2.44 bits per heavy atom. The van der Waals surface area contributed by atoms with Gasteiger partial charge in [0.2, 0.25) is 0 Å². The maximum atomic E-state index is 11.8. The number of ether oxygens (including phenoxy) is 1. The van der Waals surface area contributed by atoms with Crippen LogP contribution in [0, 0.1) is 17.3 Å². The maximum Gasteiger partial charge on any atom is 0.333 e. The van der Waals surface area contributed by atoms with E-state index >= 15 is 0 Å². The van der Waals surface area contributed by atoms with Crippen LogP contribution < -0.4 is 0 Å². The van der Waals surface area contributed by atoms with Crippen LogP contribution in [0.4, 0.5) is 0 Å². The fraction of sp³-hybridized carbons (Fsp3) is 0.800. The van der Waals surface area contributed by atoms with Crippen LogP contribution in [0.3, 0.4) is 0 Å². The van der Waals surface area contributed by atoms with Crippen molar-refractivity contribution in [3.63, 3.8) is 0 Å². The lowest BCUT2D eigenvalue weighted by Gasteiger charge is -2.60. The molecule has 3 nitrogen and oxygen atoms in total. The van der Waals surface area contributed by atoms with Gasteiger partial charge >= 0.3 is 5.97 Å². The minimum absolute atomic E-state index is 0.0272. The summed E-state index contributed by atoms with van der Waals surface area (Å²) >= 11 is 0. The zero-order chi connectivity index (χ0) is 13.0. The van der Waals surface area contributed by atoms with Gasteiger partial charge in [0.25, 0.3) is 0 Å². The van der Waals surface area contributed by atoms with Gasteiger partial charge in [0, 0.05) is 12.2 Å². The Bertz CT molecular complexity index is 385. The van der Waals surface area contributed by atoms with Gasteiger partial charge in [-0.1, -0.05) is 6.58 Å². The summed E-state index contributed by atoms with van der Waals surface area (Å²) in [6.07, 6.45) is 6.32. The maximum absolute atomic E-state index is 11.8. The Kier molecular flexibility index (Phi) is 2.60. The van der Waals surface area contributed by atoms with E-state index in [1.807, 2.05) is 0 Å². The Labute approximate surface area is 108 Å². The third-order valence-electron chi connectivity index (χ3n) is 5.12. The highest BCUT2D eigenvalue weighted by atomic mass is 16.6. The first-order valence-corrected chi connectivity index (χ1v) is 6.96. The van der Waals surface area contributed by atoms with Crippen LogP contribution >= 0.6 is 0 Å². The zero-order valence-corrected chi connectivity index (χ0v) is 11.1. The van der Waals surface area contributed by atoms with E-state index in [0.29, 0.717) is 17.4 Å². The third-order valence-corrected chi connectivity index (χ3v) is 5.12. The average Bonchev–Trinajstić information content (AvgIpc) is 2.26. The average molecular weight is 250 g/mol. The molecular weight excluding hydrogens is 228 g/mol. The molecular formula is C15H22O3. The fourth-order valence-corrected chi connectivity index (χ4v) is 4.95. The molecule has 4 aliphatic rings. The second-order valence-electron chi connectivity index (χ2n) is 6.97. The van der Waals surface area contributed by atoms with Crippen LogP contribution in [-0.4, -0.2) is 23.3 Å².